The maximum Gasteiger partial charge on any atom is 0.490 e. The molecule has 0 radical (unpaired) electrons. The molecule has 2 aliphatic heterocycles. The quantitative estimate of drug-likeness (QED) is 0.335. The van der Waals surface area contributed by atoms with Crippen molar-refractivity contribution in [1.29, 1.82) is 0 Å². The second-order valence-electron chi connectivity index (χ2n) is 7.84. The first-order valence-corrected chi connectivity index (χ1v) is 11.0. The van der Waals surface area contributed by atoms with E-state index in [4.69, 9.17) is 29.3 Å². The number of rotatable bonds is 2. The maximum absolute atomic E-state index is 12.0. The van der Waals surface area contributed by atoms with E-state index in [1.54, 1.807) is 12.4 Å². The summed E-state index contributed by atoms with van der Waals surface area (Å²) < 4.78 is 74.5. The largest absolute Gasteiger partial charge is 0.490 e. The van der Waals surface area contributed by atoms with Crippen LogP contribution < -0.4 is 14.8 Å². The molecule has 0 unspecified atom stereocenters. The van der Waals surface area contributed by atoms with Crippen LogP contribution in [0.2, 0.25) is 0 Å². The van der Waals surface area contributed by atoms with Crippen LogP contribution in [0.1, 0.15) is 16.1 Å². The second kappa shape index (κ2) is 11.9. The van der Waals surface area contributed by atoms with Crippen LogP contribution in [0.3, 0.4) is 0 Å². The molecule has 2 aliphatic rings. The van der Waals surface area contributed by atoms with Crippen molar-refractivity contribution in [1.82, 2.24) is 20.3 Å². The van der Waals surface area contributed by atoms with Gasteiger partial charge in [0.05, 0.1) is 11.3 Å². The molecule has 11 nitrogen and oxygen atoms in total. The second-order valence-corrected chi connectivity index (χ2v) is 7.84. The summed E-state index contributed by atoms with van der Waals surface area (Å²) in [5.74, 6) is -4.40. The van der Waals surface area contributed by atoms with E-state index in [2.05, 4.69) is 20.3 Å². The Labute approximate surface area is 219 Å². The fourth-order valence-corrected chi connectivity index (χ4v) is 3.28. The molecule has 214 valence electrons. The molecule has 0 bridgehead atoms. The zero-order valence-electron chi connectivity index (χ0n) is 19.9. The van der Waals surface area contributed by atoms with Crippen molar-refractivity contribution in [2.75, 3.05) is 19.8 Å². The van der Waals surface area contributed by atoms with E-state index in [1.807, 2.05) is 24.3 Å². The van der Waals surface area contributed by atoms with Gasteiger partial charge in [-0.2, -0.15) is 26.3 Å². The Morgan fingerprint density at radius 3 is 2.12 bits per heavy atom. The minimum Gasteiger partial charge on any atom is -0.484 e. The topological polar surface area (TPSA) is 164 Å². The van der Waals surface area contributed by atoms with Crippen LogP contribution in [0.5, 0.6) is 11.6 Å². The Hall–Kier alpha value is -4.83. The molecule has 0 saturated carbocycles. The van der Waals surface area contributed by atoms with Crippen LogP contribution in [0, 0.1) is 0 Å². The lowest BCUT2D eigenvalue weighted by Crippen LogP contribution is -2.31. The highest BCUT2D eigenvalue weighted by atomic mass is 19.4. The number of carbonyl (C=O) groups excluding carboxylic acids is 1. The number of carboxylic acid groups (broad SMARTS) is 2. The number of halogens is 6. The molecule has 1 amide bonds. The summed E-state index contributed by atoms with van der Waals surface area (Å²) in [4.78, 5) is 41.9. The van der Waals surface area contributed by atoms with Crippen LogP contribution >= 0.6 is 0 Å². The normalized spacial score (nSPS) is 13.9. The first-order chi connectivity index (χ1) is 18.7. The third kappa shape index (κ3) is 7.61. The molecule has 0 atom stereocenters. The lowest BCUT2D eigenvalue weighted by Gasteiger charge is -2.17. The average molecular weight is 576 g/mol. The van der Waals surface area contributed by atoms with Gasteiger partial charge < -0.3 is 30.0 Å². The van der Waals surface area contributed by atoms with Gasteiger partial charge in [-0.1, -0.05) is 0 Å². The first-order valence-electron chi connectivity index (χ1n) is 11.0. The molecule has 3 aromatic rings. The van der Waals surface area contributed by atoms with E-state index >= 15 is 0 Å². The minimum atomic E-state index is -5.08. The molecule has 5 heterocycles. The third-order valence-electron chi connectivity index (χ3n) is 5.05. The highest BCUT2D eigenvalue weighted by molar-refractivity contribution is 5.97. The van der Waals surface area contributed by atoms with Gasteiger partial charge in [0.25, 0.3) is 11.8 Å². The summed E-state index contributed by atoms with van der Waals surface area (Å²) in [6, 6.07) is 7.68. The monoisotopic (exact) mass is 576 g/mol. The van der Waals surface area contributed by atoms with Crippen molar-refractivity contribution >= 4 is 17.8 Å². The smallest absolute Gasteiger partial charge is 0.484 e. The Morgan fingerprint density at radius 2 is 1.52 bits per heavy atom. The highest BCUT2D eigenvalue weighted by Gasteiger charge is 2.38. The number of carboxylic acids is 2. The SMILES string of the molecule is O=C(O)C(F)(F)F.O=C(O)C(F)(F)F.O=C1NCCc2[nH]c(-c3ccnc(-c4cnc5c(c4)OCCO5)c3)cc21. The molecule has 3 aromatic heterocycles. The summed E-state index contributed by atoms with van der Waals surface area (Å²) in [6.45, 7) is 1.69. The predicted molar refractivity (Wildman–Crippen MR) is 122 cm³/mol. The molecule has 0 saturated heterocycles. The number of carbonyl (C=O) groups is 3. The van der Waals surface area contributed by atoms with Crippen molar-refractivity contribution in [2.24, 2.45) is 0 Å². The number of aromatic amines is 1. The molecule has 0 fully saturated rings. The molecule has 0 spiro atoms. The number of aromatic nitrogens is 3. The number of amides is 1. The Balaban J connectivity index is 0.000000263. The van der Waals surface area contributed by atoms with Crippen molar-refractivity contribution in [3.8, 4) is 34.1 Å². The van der Waals surface area contributed by atoms with E-state index in [9.17, 15) is 31.1 Å². The molecule has 40 heavy (non-hydrogen) atoms. The number of hydrogen-bond donors (Lipinski definition) is 4. The number of hydrogen-bond acceptors (Lipinski definition) is 7. The molecule has 5 rings (SSSR count). The van der Waals surface area contributed by atoms with Gasteiger partial charge in [-0.05, 0) is 24.3 Å². The van der Waals surface area contributed by atoms with E-state index in [0.717, 1.165) is 34.6 Å². The number of aliphatic carboxylic acids is 2. The highest BCUT2D eigenvalue weighted by Crippen LogP contribution is 2.33. The summed E-state index contributed by atoms with van der Waals surface area (Å²) in [5.41, 5.74) is 5.19. The third-order valence-corrected chi connectivity index (χ3v) is 5.05. The van der Waals surface area contributed by atoms with Crippen molar-refractivity contribution in [3.05, 3.63) is 47.9 Å². The van der Waals surface area contributed by atoms with Gasteiger partial charge in [-0.15, -0.1) is 0 Å². The van der Waals surface area contributed by atoms with Crippen molar-refractivity contribution in [2.45, 2.75) is 18.8 Å². The van der Waals surface area contributed by atoms with E-state index in [0.29, 0.717) is 37.0 Å². The number of fused-ring (bicyclic) bond motifs is 2. The number of H-pyrrole nitrogens is 1. The predicted octanol–water partition coefficient (Wildman–Crippen LogP) is 3.46. The molecule has 0 aliphatic carbocycles. The number of ether oxygens (including phenoxy) is 2. The zero-order chi connectivity index (χ0) is 29.7. The number of pyridine rings is 2. The Kier molecular flexibility index (Phi) is 8.85. The van der Waals surface area contributed by atoms with Gasteiger partial charge in [-0.3, -0.25) is 9.78 Å². The van der Waals surface area contributed by atoms with Gasteiger partial charge >= 0.3 is 24.3 Å². The van der Waals surface area contributed by atoms with E-state index in [-0.39, 0.29) is 5.91 Å². The van der Waals surface area contributed by atoms with Crippen LogP contribution in [-0.2, 0) is 16.0 Å². The average Bonchev–Trinajstić information content (AvgIpc) is 3.34. The first kappa shape index (κ1) is 29.7. The fourth-order valence-electron chi connectivity index (χ4n) is 3.28. The molecular formula is C23H18F6N4O7. The summed E-state index contributed by atoms with van der Waals surface area (Å²) >= 11 is 0. The van der Waals surface area contributed by atoms with Crippen LogP contribution in [0.4, 0.5) is 26.3 Å². The maximum atomic E-state index is 12.0. The number of nitrogens with one attached hydrogen (secondary N) is 2. The lowest BCUT2D eigenvalue weighted by molar-refractivity contribution is -0.193. The van der Waals surface area contributed by atoms with Gasteiger partial charge in [0.2, 0.25) is 0 Å². The van der Waals surface area contributed by atoms with Crippen LogP contribution in [-0.4, -0.2) is 75.1 Å². The zero-order valence-corrected chi connectivity index (χ0v) is 19.9. The Morgan fingerprint density at radius 1 is 0.900 bits per heavy atom. The lowest BCUT2D eigenvalue weighted by atomic mass is 10.1. The van der Waals surface area contributed by atoms with E-state index in [1.165, 1.54) is 0 Å². The van der Waals surface area contributed by atoms with Gasteiger partial charge in [-0.25, -0.2) is 14.6 Å². The molecule has 17 heteroatoms. The van der Waals surface area contributed by atoms with Gasteiger partial charge in [0, 0.05) is 47.9 Å². The molecule has 0 aromatic carbocycles. The molecule has 4 N–H and O–H groups in total. The van der Waals surface area contributed by atoms with Crippen LogP contribution in [0.15, 0.2) is 36.7 Å². The summed E-state index contributed by atoms with van der Waals surface area (Å²) in [6.07, 6.45) is -5.88. The number of nitrogens with zero attached hydrogens (tertiary/aromatic N) is 2. The Bertz CT molecular complexity index is 1380. The van der Waals surface area contributed by atoms with Gasteiger partial charge in [0.1, 0.15) is 13.2 Å². The molecular weight excluding hydrogens is 558 g/mol. The number of alkyl halides is 6. The fraction of sp³-hybridized carbons (Fsp3) is 0.261. The van der Waals surface area contributed by atoms with Crippen molar-refractivity contribution < 1.29 is 60.4 Å². The van der Waals surface area contributed by atoms with E-state index < -0.39 is 24.3 Å². The standard InChI is InChI=1S/C19H16N4O3.2C2HF3O2/c24-18-13-9-16(23-14(13)2-4-21-18)11-1-3-20-15(7-11)12-8-17-19(22-10-12)26-6-5-25-17;2*3-2(4,5)1(6)7/h1,3,7-10,23H,2,4-6H2,(H,21,24);2*(H,6,7). The van der Waals surface area contributed by atoms with Crippen LogP contribution in [0.25, 0.3) is 22.5 Å². The van der Waals surface area contributed by atoms with Crippen molar-refractivity contribution in [3.63, 3.8) is 0 Å². The minimum absolute atomic E-state index is 0.0286. The van der Waals surface area contributed by atoms with Gasteiger partial charge in [0.15, 0.2) is 5.75 Å². The summed E-state index contributed by atoms with van der Waals surface area (Å²) in [7, 11) is 0. The summed E-state index contributed by atoms with van der Waals surface area (Å²) in [5, 5.41) is 17.1.